The van der Waals surface area contributed by atoms with Crippen molar-refractivity contribution in [2.75, 3.05) is 33.0 Å². The Morgan fingerprint density at radius 3 is 1.25 bits per heavy atom. The van der Waals surface area contributed by atoms with E-state index in [9.17, 15) is 53.7 Å². The zero-order valence-electron chi connectivity index (χ0n) is 38.6. The van der Waals surface area contributed by atoms with Crippen molar-refractivity contribution in [1.29, 1.82) is 0 Å². The Kier molecular flexibility index (Phi) is 20.8. The minimum atomic E-state index is -1.63. The third-order valence-electron chi connectivity index (χ3n) is 9.72. The smallest absolute Gasteiger partial charge is 0.870 e. The predicted molar refractivity (Wildman–Crippen MR) is 241 cm³/mol. The van der Waals surface area contributed by atoms with Gasteiger partial charge < -0.3 is 76.5 Å². The molecule has 0 saturated carbocycles. The first kappa shape index (κ1) is 57.7. The molecule has 0 radical (unpaired) electrons. The predicted octanol–water partition coefficient (Wildman–Crippen LogP) is -2.53. The summed E-state index contributed by atoms with van der Waals surface area (Å²) in [5.74, 6) is -3.38. The van der Waals surface area contributed by atoms with Crippen molar-refractivity contribution in [1.82, 2.24) is 0 Å². The van der Waals surface area contributed by atoms with Crippen molar-refractivity contribution >= 4 is 67.9 Å². The van der Waals surface area contributed by atoms with Crippen LogP contribution in [0.1, 0.15) is 51.3 Å². The number of ketones is 1. The van der Waals surface area contributed by atoms with Gasteiger partial charge in [-0.3, -0.25) is 19.2 Å². The second-order valence-electron chi connectivity index (χ2n) is 14.6. The van der Waals surface area contributed by atoms with E-state index in [1.165, 1.54) is 67.8 Å². The van der Waals surface area contributed by atoms with Gasteiger partial charge in [-0.1, -0.05) is 24.3 Å². The summed E-state index contributed by atoms with van der Waals surface area (Å²) in [6, 6.07) is 22.0. The fourth-order valence-electron chi connectivity index (χ4n) is 6.66. The zero-order valence-corrected chi connectivity index (χ0v) is 42.6. The number of carbonyl (C=O) groups excluding carboxylic acids is 4. The Labute approximate surface area is 448 Å². The van der Waals surface area contributed by atoms with E-state index < -0.39 is 51.6 Å². The van der Waals surface area contributed by atoms with E-state index in [2.05, 4.69) is 0 Å². The Hall–Kier alpha value is -6.92. The molecule has 0 aliphatic carbocycles. The maximum absolute atomic E-state index is 12.6. The molecular formula is C49H37Na2O21-. The van der Waals surface area contributed by atoms with Crippen LogP contribution in [-0.4, -0.2) is 84.9 Å². The molecule has 0 bridgehead atoms. The molecule has 3 N–H and O–H groups in total. The van der Waals surface area contributed by atoms with Crippen LogP contribution in [0.15, 0.2) is 134 Å². The molecule has 2 atom stereocenters. The first-order valence-corrected chi connectivity index (χ1v) is 20.6. The summed E-state index contributed by atoms with van der Waals surface area (Å²) >= 11 is 0. The number of hydrogen-bond acceptors (Lipinski definition) is 21. The van der Waals surface area contributed by atoms with E-state index in [0.717, 1.165) is 24.3 Å². The van der Waals surface area contributed by atoms with E-state index in [1.807, 2.05) is 0 Å². The number of Topliss-reactive ketones (excluding diaryl/α,β-unsaturated/α-hetero) is 1. The number of aromatic carboxylic acids is 1. The molecule has 8 aromatic rings. The van der Waals surface area contributed by atoms with Gasteiger partial charge in [-0.15, -0.1) is 6.07 Å². The first-order valence-electron chi connectivity index (χ1n) is 20.6. The largest absolute Gasteiger partial charge is 1.00 e. The van der Waals surface area contributed by atoms with Crippen LogP contribution >= 0.6 is 0 Å². The average molecular weight is 1010 g/mol. The van der Waals surface area contributed by atoms with Gasteiger partial charge in [-0.05, 0) is 55.5 Å². The van der Waals surface area contributed by atoms with Gasteiger partial charge in [0.25, 0.3) is 0 Å². The van der Waals surface area contributed by atoms with Crippen molar-refractivity contribution in [2.24, 2.45) is 0 Å². The van der Waals surface area contributed by atoms with Crippen molar-refractivity contribution in [3.63, 3.8) is 0 Å². The molecule has 362 valence electrons. The Balaban J connectivity index is 0.000000301. The molecule has 2 unspecified atom stereocenters. The van der Waals surface area contributed by atoms with Gasteiger partial charge in [-0.2, -0.15) is 0 Å². The minimum absolute atomic E-state index is 0. The molecule has 0 aliphatic rings. The zero-order chi connectivity index (χ0) is 49.4. The molecule has 0 amide bonds. The van der Waals surface area contributed by atoms with E-state index in [-0.39, 0.29) is 188 Å². The Morgan fingerprint density at radius 1 is 0.556 bits per heavy atom. The normalized spacial score (nSPS) is 11.4. The number of hydrogen-bond donors (Lipinski definition) is 2. The van der Waals surface area contributed by atoms with Gasteiger partial charge in [0.2, 0.25) is 5.76 Å². The summed E-state index contributed by atoms with van der Waals surface area (Å²) in [4.78, 5) is 94.8. The van der Waals surface area contributed by atoms with Crippen LogP contribution in [0, 0.1) is 0 Å². The van der Waals surface area contributed by atoms with Crippen LogP contribution in [0.3, 0.4) is 0 Å². The average Bonchev–Trinajstić information content (AvgIpc) is 3.33. The fraction of sp³-hybridized carbons (Fsp3) is 0.184. The van der Waals surface area contributed by atoms with Crippen LogP contribution < -0.4 is 105 Å². The van der Waals surface area contributed by atoms with E-state index in [4.69, 9.17) is 41.4 Å². The number of esters is 1. The van der Waals surface area contributed by atoms with Gasteiger partial charge in [0.15, 0.2) is 33.6 Å². The Morgan fingerprint density at radius 2 is 0.889 bits per heavy atom. The summed E-state index contributed by atoms with van der Waals surface area (Å²) < 4.78 is 48.5. The molecule has 4 heterocycles. The number of carboxylic acid groups (broad SMARTS) is 1. The SMILES string of the molecule is CCOC(=O)c1cc(=O)c2c(OCC(O)COc3cccc4oc(C(C)=O)cc(=O)c34)cccc2o1.O=[C-]c1cc(=O)c2c(OCC(O)COc3cccc4oc(C(=O)[O-])cc(=O)c34)cccc2o1.[Na+].[Na+].[OH-]. The topological polar surface area (TPSA) is 329 Å². The summed E-state index contributed by atoms with van der Waals surface area (Å²) in [5.41, 5.74) is -1.69. The van der Waals surface area contributed by atoms with E-state index in [0.29, 0.717) is 0 Å². The van der Waals surface area contributed by atoms with Crippen LogP contribution in [0.4, 0.5) is 0 Å². The first-order chi connectivity index (χ1) is 33.1. The number of rotatable bonds is 17. The molecule has 0 fully saturated rings. The molecule has 0 aliphatic heterocycles. The molecule has 8 rings (SSSR count). The summed E-state index contributed by atoms with van der Waals surface area (Å²) in [6.45, 7) is 2.02. The van der Waals surface area contributed by atoms with Crippen molar-refractivity contribution in [3.8, 4) is 23.0 Å². The van der Waals surface area contributed by atoms with Crippen LogP contribution in [0.25, 0.3) is 43.9 Å². The van der Waals surface area contributed by atoms with E-state index in [1.54, 1.807) is 25.1 Å². The monoisotopic (exact) mass is 1010 g/mol. The third-order valence-corrected chi connectivity index (χ3v) is 9.72. The van der Waals surface area contributed by atoms with Gasteiger partial charge in [-0.25, -0.2) is 4.79 Å². The molecule has 0 saturated heterocycles. The third kappa shape index (κ3) is 13.5. The number of aliphatic hydroxyl groups excluding tert-OH is 2. The van der Waals surface area contributed by atoms with Gasteiger partial charge in [0.05, 0.1) is 12.0 Å². The van der Waals surface area contributed by atoms with Crippen LogP contribution in [-0.2, 0) is 9.53 Å². The van der Waals surface area contributed by atoms with Crippen LogP contribution in [0.2, 0.25) is 0 Å². The molecule has 23 heteroatoms. The maximum atomic E-state index is 12.6. The van der Waals surface area contributed by atoms with Crippen molar-refractivity contribution < 1.29 is 140 Å². The summed E-state index contributed by atoms with van der Waals surface area (Å²) in [6.07, 6.45) is -0.789. The fourth-order valence-corrected chi connectivity index (χ4v) is 6.66. The molecule has 4 aromatic heterocycles. The second kappa shape index (κ2) is 26.0. The molecule has 72 heavy (non-hydrogen) atoms. The number of carboxylic acids is 1. The van der Waals surface area contributed by atoms with E-state index >= 15 is 0 Å². The summed E-state index contributed by atoms with van der Waals surface area (Å²) in [5, 5.41) is 32.0. The van der Waals surface area contributed by atoms with Crippen molar-refractivity contribution in [2.45, 2.75) is 26.1 Å². The minimum Gasteiger partial charge on any atom is -0.870 e. The second-order valence-corrected chi connectivity index (χ2v) is 14.6. The number of carbonyl (C=O) groups is 3. The maximum Gasteiger partial charge on any atom is 1.00 e. The molecule has 4 aromatic carbocycles. The quantitative estimate of drug-likeness (QED) is 0.0411. The van der Waals surface area contributed by atoms with Crippen molar-refractivity contribution in [3.05, 3.63) is 161 Å². The standard InChI is InChI=1S/C26H22O10.C23H15O10.2Na.H2O/c1-3-32-26(31)23-11-17(30)25-19(7-5-9-21(25)36-23)34-13-15(28)12-33-18-6-4-8-20-24(18)16(29)10-22(35-20)14(2)27;24-9-13-7-14(26)21-16(3-1-5-18(21)32-13)30-10-12(25)11-31-17-4-2-6-19-22(17)15(27)8-20(33-19)23(28)29;;;/h4-11,15,28H,3,12-13H2,1-2H3;1-8,12,25H,10-11H2,(H,28,29);;;1H2/q;-1;2*+1;/p-2. The van der Waals surface area contributed by atoms with Gasteiger partial charge in [0.1, 0.15) is 112 Å². The number of ether oxygens (including phenoxy) is 5. The summed E-state index contributed by atoms with van der Waals surface area (Å²) in [7, 11) is 0. The van der Waals surface area contributed by atoms with Gasteiger partial charge in [0, 0.05) is 37.2 Å². The number of benzene rings is 4. The van der Waals surface area contributed by atoms with Gasteiger partial charge >= 0.3 is 65.1 Å². The molecule has 0 spiro atoms. The number of aliphatic hydroxyl groups is 2. The van der Waals surface area contributed by atoms with Crippen LogP contribution in [0.5, 0.6) is 23.0 Å². The molecular weight excluding hydrogens is 970 g/mol. The number of fused-ring (bicyclic) bond motifs is 4. The Bertz CT molecular complexity index is 3520. The molecule has 21 nitrogen and oxygen atoms in total.